The Morgan fingerprint density at radius 1 is 1.13 bits per heavy atom. The highest BCUT2D eigenvalue weighted by Crippen LogP contribution is 2.32. The molecule has 0 bridgehead atoms. The van der Waals surface area contributed by atoms with Gasteiger partial charge in [0.25, 0.3) is 11.1 Å². The minimum absolute atomic E-state index is 0.0125. The van der Waals surface area contributed by atoms with E-state index in [1.807, 2.05) is 47.4 Å². The summed E-state index contributed by atoms with van der Waals surface area (Å²) in [5.41, 5.74) is 2.14. The van der Waals surface area contributed by atoms with E-state index >= 15 is 0 Å². The summed E-state index contributed by atoms with van der Waals surface area (Å²) in [4.78, 5) is 18.9. The SMILES string of the molecule is COc1ccc2sc(OC3CCN(C(=O)COc4ccc(C(C)C)cc4)CC3)nc2c1. The fourth-order valence-corrected chi connectivity index (χ4v) is 4.48. The fourth-order valence-electron chi connectivity index (χ4n) is 3.61. The van der Waals surface area contributed by atoms with E-state index in [1.165, 1.54) is 16.9 Å². The van der Waals surface area contributed by atoms with Crippen molar-refractivity contribution in [1.29, 1.82) is 0 Å². The molecule has 4 rings (SSSR count). The third-order valence-electron chi connectivity index (χ3n) is 5.55. The number of nitrogens with zero attached hydrogens (tertiary/aromatic N) is 2. The summed E-state index contributed by atoms with van der Waals surface area (Å²) >= 11 is 1.54. The van der Waals surface area contributed by atoms with Crippen molar-refractivity contribution in [1.82, 2.24) is 9.88 Å². The normalized spacial score (nSPS) is 14.8. The number of piperidine rings is 1. The molecule has 0 N–H and O–H groups in total. The van der Waals surface area contributed by atoms with Gasteiger partial charge in [0, 0.05) is 32.0 Å². The zero-order valence-corrected chi connectivity index (χ0v) is 19.0. The lowest BCUT2D eigenvalue weighted by molar-refractivity contribution is -0.135. The molecule has 2 aromatic carbocycles. The Kier molecular flexibility index (Phi) is 6.61. The highest BCUT2D eigenvalue weighted by Gasteiger charge is 2.25. The minimum atomic E-state index is 0.0125. The average Bonchev–Trinajstić information content (AvgIpc) is 3.19. The van der Waals surface area contributed by atoms with Gasteiger partial charge < -0.3 is 19.1 Å². The number of thiazole rings is 1. The van der Waals surface area contributed by atoms with Crippen molar-refractivity contribution in [2.45, 2.75) is 38.7 Å². The summed E-state index contributed by atoms with van der Waals surface area (Å²) in [6.45, 7) is 5.70. The maximum atomic E-state index is 12.5. The first-order valence-electron chi connectivity index (χ1n) is 10.6. The van der Waals surface area contributed by atoms with Gasteiger partial charge in [-0.1, -0.05) is 37.3 Å². The van der Waals surface area contributed by atoms with Crippen LogP contribution in [0.1, 0.15) is 38.2 Å². The van der Waals surface area contributed by atoms with Gasteiger partial charge in [-0.2, -0.15) is 0 Å². The molecule has 0 aliphatic carbocycles. The third-order valence-corrected chi connectivity index (χ3v) is 6.47. The van der Waals surface area contributed by atoms with E-state index in [1.54, 1.807) is 7.11 Å². The number of benzene rings is 2. The van der Waals surface area contributed by atoms with Crippen LogP contribution < -0.4 is 14.2 Å². The molecule has 31 heavy (non-hydrogen) atoms. The molecule has 1 aliphatic heterocycles. The molecule has 0 radical (unpaired) electrons. The van der Waals surface area contributed by atoms with E-state index in [4.69, 9.17) is 14.2 Å². The number of aromatic nitrogens is 1. The Hall–Kier alpha value is -2.80. The number of fused-ring (bicyclic) bond motifs is 1. The van der Waals surface area contributed by atoms with E-state index in [0.29, 0.717) is 24.2 Å². The van der Waals surface area contributed by atoms with Crippen LogP contribution in [0.2, 0.25) is 0 Å². The second kappa shape index (κ2) is 9.56. The van der Waals surface area contributed by atoms with Gasteiger partial charge >= 0.3 is 0 Å². The van der Waals surface area contributed by atoms with Gasteiger partial charge in [-0.15, -0.1) is 0 Å². The molecule has 164 valence electrons. The first kappa shape index (κ1) is 21.4. The zero-order valence-electron chi connectivity index (χ0n) is 18.2. The van der Waals surface area contributed by atoms with E-state index in [-0.39, 0.29) is 18.6 Å². The molecular formula is C24H28N2O4S. The van der Waals surface area contributed by atoms with Gasteiger partial charge in [0.1, 0.15) is 17.6 Å². The lowest BCUT2D eigenvalue weighted by Gasteiger charge is -2.31. The molecule has 0 spiro atoms. The van der Waals surface area contributed by atoms with Crippen molar-refractivity contribution in [2.24, 2.45) is 0 Å². The number of amides is 1. The highest BCUT2D eigenvalue weighted by molar-refractivity contribution is 7.20. The summed E-state index contributed by atoms with van der Waals surface area (Å²) in [6.07, 6.45) is 1.64. The Morgan fingerprint density at radius 3 is 2.52 bits per heavy atom. The lowest BCUT2D eigenvalue weighted by Crippen LogP contribution is -2.43. The fraction of sp³-hybridized carbons (Fsp3) is 0.417. The van der Waals surface area contributed by atoms with Gasteiger partial charge in [0.05, 0.1) is 17.3 Å². The summed E-state index contributed by atoms with van der Waals surface area (Å²) in [5.74, 6) is 2.00. The number of hydrogen-bond acceptors (Lipinski definition) is 6. The van der Waals surface area contributed by atoms with Crippen LogP contribution in [-0.2, 0) is 4.79 Å². The molecular weight excluding hydrogens is 412 g/mol. The molecule has 6 nitrogen and oxygen atoms in total. The molecule has 2 heterocycles. The van der Waals surface area contributed by atoms with Crippen molar-refractivity contribution in [3.05, 3.63) is 48.0 Å². The topological polar surface area (TPSA) is 60.9 Å². The number of ether oxygens (including phenoxy) is 3. The lowest BCUT2D eigenvalue weighted by atomic mass is 10.0. The van der Waals surface area contributed by atoms with Crippen LogP contribution in [0, 0.1) is 0 Å². The van der Waals surface area contributed by atoms with Crippen molar-refractivity contribution in [2.75, 3.05) is 26.8 Å². The molecule has 0 atom stereocenters. The predicted octanol–water partition coefficient (Wildman–Crippen LogP) is 4.88. The highest BCUT2D eigenvalue weighted by atomic mass is 32.1. The number of methoxy groups -OCH3 is 1. The molecule has 1 aliphatic rings. The van der Waals surface area contributed by atoms with Crippen molar-refractivity contribution >= 4 is 27.5 Å². The van der Waals surface area contributed by atoms with Crippen LogP contribution >= 0.6 is 11.3 Å². The molecule has 1 fully saturated rings. The number of carbonyl (C=O) groups is 1. The number of likely N-dealkylation sites (tertiary alicyclic amines) is 1. The zero-order chi connectivity index (χ0) is 21.8. The quantitative estimate of drug-likeness (QED) is 0.524. The molecule has 1 aromatic heterocycles. The van der Waals surface area contributed by atoms with Crippen molar-refractivity contribution in [3.63, 3.8) is 0 Å². The standard InChI is InChI=1S/C24H28N2O4S/c1-16(2)17-4-6-18(7-5-17)29-15-23(27)26-12-10-19(11-13-26)30-24-25-21-14-20(28-3)8-9-22(21)31-24/h4-9,14,16,19H,10-13,15H2,1-3H3. The Balaban J connectivity index is 1.25. The van der Waals surface area contributed by atoms with Gasteiger partial charge in [0.15, 0.2) is 6.61 Å². The second-order valence-corrected chi connectivity index (χ2v) is 9.02. The van der Waals surface area contributed by atoms with Crippen molar-refractivity contribution in [3.8, 4) is 16.7 Å². The van der Waals surface area contributed by atoms with Gasteiger partial charge in [-0.05, 0) is 35.7 Å². The number of rotatable bonds is 7. The maximum absolute atomic E-state index is 12.5. The van der Waals surface area contributed by atoms with E-state index in [9.17, 15) is 4.79 Å². The van der Waals surface area contributed by atoms with Gasteiger partial charge in [-0.3, -0.25) is 4.79 Å². The van der Waals surface area contributed by atoms with Crippen LogP contribution in [0.25, 0.3) is 10.2 Å². The van der Waals surface area contributed by atoms with Crippen molar-refractivity contribution < 1.29 is 19.0 Å². The minimum Gasteiger partial charge on any atom is -0.497 e. The number of hydrogen-bond donors (Lipinski definition) is 0. The number of carbonyl (C=O) groups excluding carboxylic acids is 1. The first-order valence-corrected chi connectivity index (χ1v) is 11.4. The van der Waals surface area contributed by atoms with Crippen LogP contribution in [-0.4, -0.2) is 48.7 Å². The molecule has 7 heteroatoms. The van der Waals surface area contributed by atoms with E-state index in [0.717, 1.165) is 34.6 Å². The molecule has 3 aromatic rings. The Labute approximate surface area is 186 Å². The van der Waals surface area contributed by atoms with Crippen LogP contribution in [0.5, 0.6) is 16.7 Å². The smallest absolute Gasteiger partial charge is 0.274 e. The average molecular weight is 441 g/mol. The van der Waals surface area contributed by atoms with Gasteiger partial charge in [-0.25, -0.2) is 4.98 Å². The molecule has 1 saturated heterocycles. The Morgan fingerprint density at radius 2 is 1.84 bits per heavy atom. The second-order valence-electron chi connectivity index (χ2n) is 8.02. The summed E-state index contributed by atoms with van der Waals surface area (Å²) in [6, 6.07) is 13.8. The molecule has 0 saturated carbocycles. The van der Waals surface area contributed by atoms with E-state index in [2.05, 4.69) is 18.8 Å². The van der Waals surface area contributed by atoms with E-state index < -0.39 is 0 Å². The largest absolute Gasteiger partial charge is 0.497 e. The summed E-state index contributed by atoms with van der Waals surface area (Å²) in [5, 5.41) is 0.668. The Bertz CT molecular complexity index is 1020. The monoisotopic (exact) mass is 440 g/mol. The molecule has 0 unspecified atom stereocenters. The predicted molar refractivity (Wildman–Crippen MR) is 122 cm³/mol. The third kappa shape index (κ3) is 5.28. The summed E-state index contributed by atoms with van der Waals surface area (Å²) < 4.78 is 18.1. The summed E-state index contributed by atoms with van der Waals surface area (Å²) in [7, 11) is 1.65. The van der Waals surface area contributed by atoms with Crippen LogP contribution in [0.15, 0.2) is 42.5 Å². The van der Waals surface area contributed by atoms with Gasteiger partial charge in [0.2, 0.25) is 0 Å². The van der Waals surface area contributed by atoms with Crippen LogP contribution in [0.3, 0.4) is 0 Å². The first-order chi connectivity index (χ1) is 15.0. The van der Waals surface area contributed by atoms with Crippen LogP contribution in [0.4, 0.5) is 0 Å². The molecule has 1 amide bonds. The maximum Gasteiger partial charge on any atom is 0.274 e.